The Hall–Kier alpha value is -2.18. The Bertz CT molecular complexity index is 779. The maximum Gasteiger partial charge on any atom is 0.430 e. The molecule has 1 aromatic carbocycles. The summed E-state index contributed by atoms with van der Waals surface area (Å²) in [5, 5.41) is 9.85. The van der Waals surface area contributed by atoms with Gasteiger partial charge in [0.2, 0.25) is 6.10 Å². The van der Waals surface area contributed by atoms with E-state index in [1.54, 1.807) is 0 Å². The van der Waals surface area contributed by atoms with Gasteiger partial charge in [0, 0.05) is 17.5 Å². The van der Waals surface area contributed by atoms with Crippen LogP contribution in [0, 0.1) is 5.92 Å². The van der Waals surface area contributed by atoms with Crippen LogP contribution in [-0.4, -0.2) is 29.0 Å². The number of carbonyl (C=O) groups is 1. The van der Waals surface area contributed by atoms with Gasteiger partial charge < -0.3 is 14.6 Å². The number of rotatable bonds is 3. The molecule has 0 radical (unpaired) electrons. The molecule has 1 heterocycles. The number of hydrogen-bond donors (Lipinski definition) is 1. The summed E-state index contributed by atoms with van der Waals surface area (Å²) in [6, 6.07) is 2.69. The number of aryl methyl sites for hydroxylation is 1. The number of carbonyl (C=O) groups excluding carboxylic acids is 1. The first kappa shape index (κ1) is 16.3. The van der Waals surface area contributed by atoms with Crippen LogP contribution in [0.5, 0.6) is 11.5 Å². The van der Waals surface area contributed by atoms with E-state index in [2.05, 4.69) is 0 Å². The van der Waals surface area contributed by atoms with Crippen molar-refractivity contribution in [2.75, 3.05) is 0 Å². The van der Waals surface area contributed by atoms with E-state index in [4.69, 9.17) is 9.47 Å². The average Bonchev–Trinajstić information content (AvgIpc) is 3.05. The summed E-state index contributed by atoms with van der Waals surface area (Å²) in [5.74, 6) is -0.904. The predicted molar refractivity (Wildman–Crippen MR) is 82.1 cm³/mol. The second-order valence-corrected chi connectivity index (χ2v) is 6.91. The van der Waals surface area contributed by atoms with E-state index in [1.807, 2.05) is 6.92 Å². The van der Waals surface area contributed by atoms with Gasteiger partial charge in [0.15, 0.2) is 0 Å². The fourth-order valence-electron chi connectivity index (χ4n) is 3.63. The fraction of sp³-hybridized carbons (Fsp3) is 0.500. The van der Waals surface area contributed by atoms with Gasteiger partial charge in [0.25, 0.3) is 0 Å². The van der Waals surface area contributed by atoms with Crippen LogP contribution in [0.1, 0.15) is 37.3 Å². The average molecular weight is 354 g/mol. The topological polar surface area (TPSA) is 55.8 Å². The Morgan fingerprint density at radius 2 is 2.20 bits per heavy atom. The van der Waals surface area contributed by atoms with Gasteiger partial charge in [0.1, 0.15) is 17.1 Å². The van der Waals surface area contributed by atoms with Crippen LogP contribution < -0.4 is 4.74 Å². The van der Waals surface area contributed by atoms with E-state index in [0.717, 1.165) is 18.9 Å². The number of esters is 1. The molecular weight excluding hydrogens is 337 g/mol. The molecule has 0 bridgehead atoms. The second kappa shape index (κ2) is 5.16. The van der Waals surface area contributed by atoms with Crippen LogP contribution in [0.3, 0.4) is 0 Å². The minimum Gasteiger partial charge on any atom is -0.508 e. The number of hydrogen-bond acceptors (Lipinski definition) is 4. The normalized spacial score (nSPS) is 29.5. The standard InChI is InChI=1S/C18H17F3O4/c1-2-9-5-10-6-12(16(23)25-17-4-3-11(17)8-17)15(18(19,20)21)24-14(10)7-13(9)22/h5-7,11,15,22H,2-4,8H2,1H3. The zero-order valence-electron chi connectivity index (χ0n) is 13.5. The summed E-state index contributed by atoms with van der Waals surface area (Å²) in [7, 11) is 0. The Balaban J connectivity index is 1.70. The summed E-state index contributed by atoms with van der Waals surface area (Å²) < 4.78 is 50.6. The number of benzene rings is 1. The third-order valence-corrected chi connectivity index (χ3v) is 5.35. The van der Waals surface area contributed by atoms with Crippen molar-refractivity contribution >= 4 is 12.0 Å². The molecule has 4 rings (SSSR count). The van der Waals surface area contributed by atoms with Crippen molar-refractivity contribution in [2.24, 2.45) is 5.92 Å². The summed E-state index contributed by atoms with van der Waals surface area (Å²) in [4.78, 5) is 12.4. The van der Waals surface area contributed by atoms with Crippen LogP contribution in [0.25, 0.3) is 6.08 Å². The summed E-state index contributed by atoms with van der Waals surface area (Å²) in [6.45, 7) is 1.81. The molecule has 3 atom stereocenters. The maximum atomic E-state index is 13.4. The van der Waals surface area contributed by atoms with E-state index >= 15 is 0 Å². The molecule has 0 amide bonds. The molecule has 7 heteroatoms. The zero-order chi connectivity index (χ0) is 18.0. The zero-order valence-corrected chi connectivity index (χ0v) is 13.5. The lowest BCUT2D eigenvalue weighted by Gasteiger charge is -2.31. The molecule has 3 unspecified atom stereocenters. The molecule has 1 N–H and O–H groups in total. The predicted octanol–water partition coefficient (Wildman–Crippen LogP) is 3.76. The number of fused-ring (bicyclic) bond motifs is 2. The lowest BCUT2D eigenvalue weighted by Crippen LogP contribution is -2.42. The molecular formula is C18H17F3O4. The molecule has 0 spiro atoms. The quantitative estimate of drug-likeness (QED) is 0.840. The lowest BCUT2D eigenvalue weighted by atomic mass is 9.95. The van der Waals surface area contributed by atoms with Gasteiger partial charge in [-0.2, -0.15) is 13.2 Å². The van der Waals surface area contributed by atoms with Gasteiger partial charge in [-0.1, -0.05) is 6.92 Å². The van der Waals surface area contributed by atoms with E-state index < -0.39 is 29.4 Å². The third kappa shape index (κ3) is 2.56. The van der Waals surface area contributed by atoms with Gasteiger partial charge >= 0.3 is 12.1 Å². The van der Waals surface area contributed by atoms with Gasteiger partial charge in [0.05, 0.1) is 5.57 Å². The van der Waals surface area contributed by atoms with Crippen molar-refractivity contribution in [2.45, 2.75) is 50.5 Å². The van der Waals surface area contributed by atoms with Crippen molar-refractivity contribution in [3.05, 3.63) is 28.8 Å². The van der Waals surface area contributed by atoms with Gasteiger partial charge in [-0.05, 0) is 43.4 Å². The Labute approximate surface area is 142 Å². The first-order valence-electron chi connectivity index (χ1n) is 8.28. The number of ether oxygens (including phenoxy) is 2. The smallest absolute Gasteiger partial charge is 0.430 e. The summed E-state index contributed by atoms with van der Waals surface area (Å²) >= 11 is 0. The highest BCUT2D eigenvalue weighted by molar-refractivity contribution is 5.97. The van der Waals surface area contributed by atoms with Crippen LogP contribution in [-0.2, 0) is 16.0 Å². The van der Waals surface area contributed by atoms with Crippen LogP contribution in [0.2, 0.25) is 0 Å². The van der Waals surface area contributed by atoms with Gasteiger partial charge in [-0.3, -0.25) is 0 Å². The largest absolute Gasteiger partial charge is 0.508 e. The Morgan fingerprint density at radius 3 is 2.72 bits per heavy atom. The number of alkyl halides is 3. The molecule has 1 aromatic rings. The van der Waals surface area contributed by atoms with E-state index in [-0.39, 0.29) is 11.5 Å². The highest BCUT2D eigenvalue weighted by Crippen LogP contribution is 2.62. The van der Waals surface area contributed by atoms with Crippen LogP contribution in [0.15, 0.2) is 17.7 Å². The van der Waals surface area contributed by atoms with Crippen molar-refractivity contribution in [1.29, 1.82) is 0 Å². The third-order valence-electron chi connectivity index (χ3n) is 5.35. The van der Waals surface area contributed by atoms with Crippen LogP contribution in [0.4, 0.5) is 13.2 Å². The summed E-state index contributed by atoms with van der Waals surface area (Å²) in [6.07, 6.45) is -3.10. The number of aromatic hydroxyl groups is 1. The molecule has 2 saturated carbocycles. The molecule has 134 valence electrons. The lowest BCUT2D eigenvalue weighted by molar-refractivity contribution is -0.190. The molecule has 0 aromatic heterocycles. The maximum absolute atomic E-state index is 13.4. The Kier molecular flexibility index (Phi) is 3.36. The monoisotopic (exact) mass is 354 g/mol. The van der Waals surface area contributed by atoms with Crippen LogP contribution >= 0.6 is 0 Å². The van der Waals surface area contributed by atoms with Crippen molar-refractivity contribution in [3.63, 3.8) is 0 Å². The first-order valence-corrected chi connectivity index (χ1v) is 8.28. The molecule has 2 fully saturated rings. The summed E-state index contributed by atoms with van der Waals surface area (Å²) in [5.41, 5.74) is -0.186. The van der Waals surface area contributed by atoms with Crippen molar-refractivity contribution < 1.29 is 32.5 Å². The molecule has 25 heavy (non-hydrogen) atoms. The fourth-order valence-corrected chi connectivity index (χ4v) is 3.63. The Morgan fingerprint density at radius 1 is 1.44 bits per heavy atom. The second-order valence-electron chi connectivity index (χ2n) is 6.91. The van der Waals surface area contributed by atoms with Crippen molar-refractivity contribution in [1.82, 2.24) is 0 Å². The van der Waals surface area contributed by atoms with E-state index in [0.29, 0.717) is 29.9 Å². The minimum atomic E-state index is -4.76. The molecule has 4 nitrogen and oxygen atoms in total. The number of halogens is 3. The van der Waals surface area contributed by atoms with Gasteiger partial charge in [-0.15, -0.1) is 0 Å². The van der Waals surface area contributed by atoms with E-state index in [9.17, 15) is 23.1 Å². The number of phenolic OH excluding ortho intramolecular Hbond substituents is 1. The molecule has 1 aliphatic heterocycles. The highest BCUT2D eigenvalue weighted by atomic mass is 19.4. The number of phenols is 1. The molecule has 3 aliphatic rings. The van der Waals surface area contributed by atoms with Gasteiger partial charge in [-0.25, -0.2) is 4.79 Å². The minimum absolute atomic E-state index is 0.0975. The van der Waals surface area contributed by atoms with E-state index in [1.165, 1.54) is 12.1 Å². The molecule has 2 aliphatic carbocycles. The first-order chi connectivity index (χ1) is 11.7. The SMILES string of the molecule is CCc1cc2c(cc1O)OC(C(F)(F)F)C(C(=O)OC13CCC1C3)=C2. The highest BCUT2D eigenvalue weighted by Gasteiger charge is 2.65. The van der Waals surface area contributed by atoms with Crippen molar-refractivity contribution in [3.8, 4) is 11.5 Å². The molecule has 0 saturated heterocycles.